The van der Waals surface area contributed by atoms with E-state index in [1.807, 2.05) is 12.1 Å². The van der Waals surface area contributed by atoms with E-state index in [1.165, 1.54) is 61.3 Å². The molecule has 0 spiro atoms. The van der Waals surface area contributed by atoms with Gasteiger partial charge in [-0.1, -0.05) is 23.7 Å². The summed E-state index contributed by atoms with van der Waals surface area (Å²) in [7, 11) is -2.75. The van der Waals surface area contributed by atoms with Crippen LogP contribution in [0.3, 0.4) is 0 Å². The maximum absolute atomic E-state index is 14.5. The van der Waals surface area contributed by atoms with Crippen molar-refractivity contribution in [3.63, 3.8) is 0 Å². The summed E-state index contributed by atoms with van der Waals surface area (Å²) in [5.41, 5.74) is -0.209. The highest BCUT2D eigenvalue weighted by molar-refractivity contribution is 7.99. The molecule has 0 saturated heterocycles. The minimum absolute atomic E-state index is 0.0855. The SMILES string of the molecule is COc1ccc(S(=O)(=O)N(CC(=O)NCCSc2ccc(Cl)cc2)c2ccccc2F)cc1. The molecule has 6 nitrogen and oxygen atoms in total. The molecule has 0 bridgehead atoms. The Labute approximate surface area is 201 Å². The Morgan fingerprint density at radius 1 is 1.06 bits per heavy atom. The lowest BCUT2D eigenvalue weighted by Gasteiger charge is -2.24. The molecular formula is C23H22ClFN2O4S2. The van der Waals surface area contributed by atoms with E-state index in [2.05, 4.69) is 5.32 Å². The van der Waals surface area contributed by atoms with Gasteiger partial charge in [-0.2, -0.15) is 0 Å². The van der Waals surface area contributed by atoms with Gasteiger partial charge in [-0.3, -0.25) is 9.10 Å². The third-order valence-electron chi connectivity index (χ3n) is 4.56. The second-order valence-electron chi connectivity index (χ2n) is 6.79. The number of nitrogens with one attached hydrogen (secondary N) is 1. The fourth-order valence-electron chi connectivity index (χ4n) is 2.91. The number of carbonyl (C=O) groups is 1. The number of rotatable bonds is 10. The van der Waals surface area contributed by atoms with Crippen LogP contribution >= 0.6 is 23.4 Å². The predicted molar refractivity (Wildman–Crippen MR) is 129 cm³/mol. The first-order chi connectivity index (χ1) is 15.8. The van der Waals surface area contributed by atoms with Gasteiger partial charge in [0.2, 0.25) is 5.91 Å². The first kappa shape index (κ1) is 24.9. The number of anilines is 1. The van der Waals surface area contributed by atoms with Crippen LogP contribution in [0, 0.1) is 5.82 Å². The largest absolute Gasteiger partial charge is 0.497 e. The van der Waals surface area contributed by atoms with Crippen molar-refractivity contribution in [2.75, 3.05) is 30.3 Å². The minimum Gasteiger partial charge on any atom is -0.497 e. The lowest BCUT2D eigenvalue weighted by atomic mass is 10.3. The quantitative estimate of drug-likeness (QED) is 0.320. The van der Waals surface area contributed by atoms with Gasteiger partial charge in [0.1, 0.15) is 18.1 Å². The fraction of sp³-hybridized carbons (Fsp3) is 0.174. The number of sulfonamides is 1. The van der Waals surface area contributed by atoms with E-state index in [-0.39, 0.29) is 10.6 Å². The van der Waals surface area contributed by atoms with E-state index in [9.17, 15) is 17.6 Å². The van der Waals surface area contributed by atoms with Crippen LogP contribution in [0.5, 0.6) is 5.75 Å². The van der Waals surface area contributed by atoms with E-state index < -0.39 is 28.3 Å². The van der Waals surface area contributed by atoms with E-state index in [0.29, 0.717) is 23.1 Å². The maximum Gasteiger partial charge on any atom is 0.264 e. The minimum atomic E-state index is -4.22. The van der Waals surface area contributed by atoms with Crippen molar-refractivity contribution in [1.82, 2.24) is 5.32 Å². The molecule has 0 aliphatic carbocycles. The summed E-state index contributed by atoms with van der Waals surface area (Å²) in [6.07, 6.45) is 0. The highest BCUT2D eigenvalue weighted by atomic mass is 35.5. The topological polar surface area (TPSA) is 75.7 Å². The Kier molecular flexibility index (Phi) is 8.60. The number of hydrogen-bond acceptors (Lipinski definition) is 5. The number of amides is 1. The number of para-hydroxylation sites is 1. The van der Waals surface area contributed by atoms with Gasteiger partial charge < -0.3 is 10.1 Å². The zero-order valence-electron chi connectivity index (χ0n) is 17.7. The van der Waals surface area contributed by atoms with Crippen LogP contribution in [0.2, 0.25) is 5.02 Å². The van der Waals surface area contributed by atoms with Gasteiger partial charge in [0.25, 0.3) is 10.0 Å². The van der Waals surface area contributed by atoms with Crippen molar-refractivity contribution in [3.05, 3.63) is 83.6 Å². The molecule has 0 saturated carbocycles. The highest BCUT2D eigenvalue weighted by Gasteiger charge is 2.29. The number of halogens is 2. The lowest BCUT2D eigenvalue weighted by molar-refractivity contribution is -0.119. The van der Waals surface area contributed by atoms with Crippen LogP contribution in [0.1, 0.15) is 0 Å². The predicted octanol–water partition coefficient (Wildman–Crippen LogP) is 4.59. The maximum atomic E-state index is 14.5. The number of methoxy groups -OCH3 is 1. The average molecular weight is 509 g/mol. The molecule has 33 heavy (non-hydrogen) atoms. The van der Waals surface area contributed by atoms with Gasteiger partial charge in [0.05, 0.1) is 17.7 Å². The normalized spacial score (nSPS) is 11.1. The Bertz CT molecular complexity index is 1190. The van der Waals surface area contributed by atoms with Crippen molar-refractivity contribution in [1.29, 1.82) is 0 Å². The first-order valence-electron chi connectivity index (χ1n) is 9.87. The van der Waals surface area contributed by atoms with Crippen LogP contribution in [0.15, 0.2) is 82.6 Å². The van der Waals surface area contributed by atoms with E-state index >= 15 is 0 Å². The Morgan fingerprint density at radius 2 is 1.73 bits per heavy atom. The van der Waals surface area contributed by atoms with Crippen molar-refractivity contribution in [3.8, 4) is 5.75 Å². The van der Waals surface area contributed by atoms with Crippen LogP contribution in [0.4, 0.5) is 10.1 Å². The third-order valence-corrected chi connectivity index (χ3v) is 7.60. The van der Waals surface area contributed by atoms with Gasteiger partial charge in [-0.05, 0) is 60.7 Å². The number of carbonyl (C=O) groups excluding carboxylic acids is 1. The monoisotopic (exact) mass is 508 g/mol. The molecule has 1 N–H and O–H groups in total. The summed E-state index contributed by atoms with van der Waals surface area (Å²) in [6, 6.07) is 18.4. The van der Waals surface area contributed by atoms with Gasteiger partial charge in [0, 0.05) is 22.2 Å². The molecule has 0 heterocycles. The molecule has 3 rings (SSSR count). The molecule has 3 aromatic carbocycles. The Morgan fingerprint density at radius 3 is 2.36 bits per heavy atom. The van der Waals surface area contributed by atoms with Crippen LogP contribution in [-0.2, 0) is 14.8 Å². The van der Waals surface area contributed by atoms with Crippen LogP contribution in [-0.4, -0.2) is 40.3 Å². The van der Waals surface area contributed by atoms with Gasteiger partial charge in [0.15, 0.2) is 0 Å². The summed E-state index contributed by atoms with van der Waals surface area (Å²) < 4.78 is 46.9. The zero-order chi connectivity index (χ0) is 23.8. The van der Waals surface area contributed by atoms with Crippen molar-refractivity contribution >= 4 is 45.0 Å². The second-order valence-corrected chi connectivity index (χ2v) is 10.3. The Hall–Kier alpha value is -2.75. The van der Waals surface area contributed by atoms with Gasteiger partial charge in [-0.25, -0.2) is 12.8 Å². The van der Waals surface area contributed by atoms with E-state index in [4.69, 9.17) is 16.3 Å². The number of benzene rings is 3. The molecule has 10 heteroatoms. The summed E-state index contributed by atoms with van der Waals surface area (Å²) >= 11 is 7.39. The Balaban J connectivity index is 1.72. The van der Waals surface area contributed by atoms with E-state index in [0.717, 1.165) is 15.3 Å². The van der Waals surface area contributed by atoms with Crippen molar-refractivity contribution < 1.29 is 22.3 Å². The summed E-state index contributed by atoms with van der Waals surface area (Å²) in [6.45, 7) is -0.263. The molecule has 0 radical (unpaired) electrons. The summed E-state index contributed by atoms with van der Waals surface area (Å²) in [5, 5.41) is 3.33. The molecule has 0 fully saturated rings. The molecule has 0 aliphatic rings. The average Bonchev–Trinajstić information content (AvgIpc) is 2.82. The fourth-order valence-corrected chi connectivity index (χ4v) is 5.23. The van der Waals surface area contributed by atoms with Crippen LogP contribution in [0.25, 0.3) is 0 Å². The number of hydrogen-bond donors (Lipinski definition) is 1. The molecule has 0 atom stereocenters. The molecular weight excluding hydrogens is 487 g/mol. The molecule has 0 aromatic heterocycles. The zero-order valence-corrected chi connectivity index (χ0v) is 20.1. The molecule has 3 aromatic rings. The van der Waals surface area contributed by atoms with Gasteiger partial charge >= 0.3 is 0 Å². The smallest absolute Gasteiger partial charge is 0.264 e. The molecule has 174 valence electrons. The molecule has 0 aliphatic heterocycles. The molecule has 0 unspecified atom stereocenters. The van der Waals surface area contributed by atoms with E-state index in [1.54, 1.807) is 12.1 Å². The van der Waals surface area contributed by atoms with Crippen molar-refractivity contribution in [2.24, 2.45) is 0 Å². The summed E-state index contributed by atoms with van der Waals surface area (Å²) in [5.74, 6) is -0.256. The van der Waals surface area contributed by atoms with Crippen molar-refractivity contribution in [2.45, 2.75) is 9.79 Å². The first-order valence-corrected chi connectivity index (χ1v) is 12.7. The standard InChI is InChI=1S/C23H22ClFN2O4S2/c1-31-18-8-12-20(13-9-18)33(29,30)27(22-5-3-2-4-21(22)25)16-23(28)26-14-15-32-19-10-6-17(24)7-11-19/h2-13H,14-16H2,1H3,(H,26,28). The lowest BCUT2D eigenvalue weighted by Crippen LogP contribution is -2.41. The number of ether oxygens (including phenoxy) is 1. The number of thioether (sulfide) groups is 1. The second kappa shape index (κ2) is 11.4. The third kappa shape index (κ3) is 6.63. The number of nitrogens with zero attached hydrogens (tertiary/aromatic N) is 1. The van der Waals surface area contributed by atoms with Crippen LogP contribution < -0.4 is 14.4 Å². The highest BCUT2D eigenvalue weighted by Crippen LogP contribution is 2.27. The summed E-state index contributed by atoms with van der Waals surface area (Å²) in [4.78, 5) is 13.5. The van der Waals surface area contributed by atoms with Gasteiger partial charge in [-0.15, -0.1) is 11.8 Å². The molecule has 1 amide bonds.